The summed E-state index contributed by atoms with van der Waals surface area (Å²) in [7, 11) is 1.25. The lowest BCUT2D eigenvalue weighted by Gasteiger charge is -2.15. The maximum atomic E-state index is 11.8. The van der Waals surface area contributed by atoms with Crippen LogP contribution < -0.4 is 10.6 Å². The molecule has 0 unspecified atom stereocenters. The molecule has 2 rings (SSSR count). The summed E-state index contributed by atoms with van der Waals surface area (Å²) in [6.07, 6.45) is 0. The number of nitriles is 1. The Balaban J connectivity index is 2.25. The summed E-state index contributed by atoms with van der Waals surface area (Å²) < 4.78 is 4.67. The van der Waals surface area contributed by atoms with Gasteiger partial charge in [0, 0.05) is 12.2 Å². The van der Waals surface area contributed by atoms with Crippen LogP contribution in [0.4, 0.5) is 5.69 Å². The quantitative estimate of drug-likeness (QED) is 0.488. The van der Waals surface area contributed by atoms with Gasteiger partial charge in [0.25, 0.3) is 0 Å². The van der Waals surface area contributed by atoms with Crippen molar-refractivity contribution in [3.05, 3.63) is 77.6 Å². The topological polar surface area (TPSA) is 74.2 Å². The van der Waals surface area contributed by atoms with Crippen LogP contribution in [0.2, 0.25) is 0 Å². The van der Waals surface area contributed by atoms with Gasteiger partial charge in [0.05, 0.1) is 7.11 Å². The predicted octanol–water partition coefficient (Wildman–Crippen LogP) is 2.80. The van der Waals surface area contributed by atoms with Crippen molar-refractivity contribution in [2.24, 2.45) is 0 Å². The highest BCUT2D eigenvalue weighted by molar-refractivity contribution is 5.94. The summed E-state index contributed by atoms with van der Waals surface area (Å²) >= 11 is 0. The fourth-order valence-electron chi connectivity index (χ4n) is 1.95. The van der Waals surface area contributed by atoms with Crippen LogP contribution in [-0.4, -0.2) is 13.1 Å². The van der Waals surface area contributed by atoms with Crippen LogP contribution in [0.1, 0.15) is 5.56 Å². The molecule has 0 aliphatic rings. The summed E-state index contributed by atoms with van der Waals surface area (Å²) in [6, 6.07) is 20.9. The van der Waals surface area contributed by atoms with E-state index in [9.17, 15) is 10.1 Å². The van der Waals surface area contributed by atoms with Crippen molar-refractivity contribution in [3.8, 4) is 6.07 Å². The van der Waals surface area contributed by atoms with Crippen molar-refractivity contribution in [1.29, 1.82) is 5.26 Å². The maximum Gasteiger partial charge on any atom is 0.352 e. The Morgan fingerprint density at radius 1 is 1.09 bits per heavy atom. The average molecular weight is 307 g/mol. The monoisotopic (exact) mass is 307 g/mol. The summed E-state index contributed by atoms with van der Waals surface area (Å²) in [4.78, 5) is 11.8. The van der Waals surface area contributed by atoms with Gasteiger partial charge < -0.3 is 15.4 Å². The lowest BCUT2D eigenvalue weighted by atomic mass is 10.2. The van der Waals surface area contributed by atoms with E-state index >= 15 is 0 Å². The number of anilines is 1. The molecule has 2 N–H and O–H groups in total. The van der Waals surface area contributed by atoms with Crippen molar-refractivity contribution in [3.63, 3.8) is 0 Å². The number of esters is 1. The molecule has 0 heterocycles. The van der Waals surface area contributed by atoms with Crippen LogP contribution in [0.5, 0.6) is 0 Å². The van der Waals surface area contributed by atoms with Gasteiger partial charge in [-0.2, -0.15) is 5.26 Å². The van der Waals surface area contributed by atoms with E-state index in [1.165, 1.54) is 7.11 Å². The molecule has 2 aromatic rings. The van der Waals surface area contributed by atoms with Gasteiger partial charge >= 0.3 is 5.97 Å². The summed E-state index contributed by atoms with van der Waals surface area (Å²) in [5, 5.41) is 15.4. The lowest BCUT2D eigenvalue weighted by molar-refractivity contribution is -0.135. The molecule has 5 nitrogen and oxygen atoms in total. The molecule has 0 radical (unpaired) electrons. The first kappa shape index (κ1) is 16.1. The van der Waals surface area contributed by atoms with Gasteiger partial charge in [-0.1, -0.05) is 48.5 Å². The SMILES string of the molecule is COC(=O)/C(C#N)=C(\NCc1ccccc1)Nc1ccccc1. The molecule has 0 atom stereocenters. The number of ether oxygens (including phenoxy) is 1. The van der Waals surface area contributed by atoms with Gasteiger partial charge in [-0.25, -0.2) is 4.79 Å². The zero-order valence-corrected chi connectivity index (χ0v) is 12.7. The molecule has 0 spiro atoms. The Bertz CT molecular complexity index is 719. The molecular weight excluding hydrogens is 290 g/mol. The van der Waals surface area contributed by atoms with Crippen LogP contribution in [-0.2, 0) is 16.1 Å². The summed E-state index contributed by atoms with van der Waals surface area (Å²) in [5.41, 5.74) is 1.69. The zero-order valence-electron chi connectivity index (χ0n) is 12.7. The molecule has 0 amide bonds. The molecule has 0 bridgehead atoms. The van der Waals surface area contributed by atoms with Crippen molar-refractivity contribution in [2.45, 2.75) is 6.54 Å². The second-order valence-electron chi connectivity index (χ2n) is 4.68. The van der Waals surface area contributed by atoms with E-state index in [1.54, 1.807) is 0 Å². The Kier molecular flexibility index (Phi) is 5.78. The first-order valence-corrected chi connectivity index (χ1v) is 7.07. The van der Waals surface area contributed by atoms with Gasteiger partial charge in [0.15, 0.2) is 5.57 Å². The Morgan fingerprint density at radius 3 is 2.26 bits per heavy atom. The highest BCUT2D eigenvalue weighted by Gasteiger charge is 2.16. The predicted molar refractivity (Wildman–Crippen MR) is 88.0 cm³/mol. The number of benzene rings is 2. The molecule has 2 aromatic carbocycles. The van der Waals surface area contributed by atoms with Gasteiger partial charge in [0.2, 0.25) is 0 Å². The van der Waals surface area contributed by atoms with E-state index in [1.807, 2.05) is 66.7 Å². The first-order valence-electron chi connectivity index (χ1n) is 7.07. The molecule has 5 heteroatoms. The minimum Gasteiger partial charge on any atom is -0.465 e. The van der Waals surface area contributed by atoms with E-state index in [2.05, 4.69) is 15.4 Å². The first-order chi connectivity index (χ1) is 11.2. The average Bonchev–Trinajstić information content (AvgIpc) is 2.61. The molecule has 23 heavy (non-hydrogen) atoms. The second-order valence-corrected chi connectivity index (χ2v) is 4.68. The van der Waals surface area contributed by atoms with Crippen molar-refractivity contribution in [2.75, 3.05) is 12.4 Å². The van der Waals surface area contributed by atoms with Crippen LogP contribution >= 0.6 is 0 Å². The number of nitrogens with zero attached hydrogens (tertiary/aromatic N) is 1. The number of para-hydroxylation sites is 1. The molecule has 0 saturated heterocycles. The second kappa shape index (κ2) is 8.25. The third-order valence-electron chi connectivity index (χ3n) is 3.11. The number of hydrogen-bond acceptors (Lipinski definition) is 5. The van der Waals surface area contributed by atoms with E-state index in [0.29, 0.717) is 12.4 Å². The van der Waals surface area contributed by atoms with Gasteiger partial charge in [-0.15, -0.1) is 0 Å². The molecule has 0 aliphatic carbocycles. The van der Waals surface area contributed by atoms with Gasteiger partial charge in [0.1, 0.15) is 11.9 Å². The minimum atomic E-state index is -0.688. The maximum absolute atomic E-state index is 11.8. The van der Waals surface area contributed by atoms with E-state index in [0.717, 1.165) is 11.3 Å². The third kappa shape index (κ3) is 4.61. The number of rotatable bonds is 6. The number of nitrogens with one attached hydrogen (secondary N) is 2. The highest BCUT2D eigenvalue weighted by atomic mass is 16.5. The number of carbonyl (C=O) groups is 1. The summed E-state index contributed by atoms with van der Waals surface area (Å²) in [6.45, 7) is 0.470. The Hall–Kier alpha value is -3.26. The van der Waals surface area contributed by atoms with Crippen molar-refractivity contribution in [1.82, 2.24) is 5.32 Å². The normalized spacial score (nSPS) is 11.0. The Morgan fingerprint density at radius 2 is 1.70 bits per heavy atom. The van der Waals surface area contributed by atoms with Crippen LogP contribution in [0, 0.1) is 11.3 Å². The minimum absolute atomic E-state index is 0.104. The van der Waals surface area contributed by atoms with Crippen molar-refractivity contribution >= 4 is 11.7 Å². The van der Waals surface area contributed by atoms with Crippen molar-refractivity contribution < 1.29 is 9.53 Å². The van der Waals surface area contributed by atoms with Gasteiger partial charge in [-0.3, -0.25) is 0 Å². The standard InChI is InChI=1S/C18H17N3O2/c1-23-18(22)16(12-19)17(21-15-10-6-3-7-11-15)20-13-14-8-4-2-5-9-14/h2-11,20-21H,13H2,1H3/b17-16+. The molecule has 0 aliphatic heterocycles. The summed E-state index contributed by atoms with van der Waals surface area (Å²) in [5.74, 6) is -0.374. The third-order valence-corrected chi connectivity index (χ3v) is 3.11. The van der Waals surface area contributed by atoms with Gasteiger partial charge in [-0.05, 0) is 17.7 Å². The molecular formula is C18H17N3O2. The molecule has 0 saturated carbocycles. The number of methoxy groups -OCH3 is 1. The van der Waals surface area contributed by atoms with Crippen LogP contribution in [0.3, 0.4) is 0 Å². The van der Waals surface area contributed by atoms with E-state index in [4.69, 9.17) is 0 Å². The van der Waals surface area contributed by atoms with E-state index < -0.39 is 5.97 Å². The largest absolute Gasteiger partial charge is 0.465 e. The fourth-order valence-corrected chi connectivity index (χ4v) is 1.95. The number of carbonyl (C=O) groups excluding carboxylic acids is 1. The highest BCUT2D eigenvalue weighted by Crippen LogP contribution is 2.12. The van der Waals surface area contributed by atoms with E-state index in [-0.39, 0.29) is 5.57 Å². The molecule has 0 fully saturated rings. The molecule has 116 valence electrons. The number of hydrogen-bond donors (Lipinski definition) is 2. The smallest absolute Gasteiger partial charge is 0.352 e. The lowest BCUT2D eigenvalue weighted by Crippen LogP contribution is -2.24. The molecule has 0 aromatic heterocycles. The van der Waals surface area contributed by atoms with Crippen LogP contribution in [0.25, 0.3) is 0 Å². The Labute approximate surface area is 135 Å². The van der Waals surface area contributed by atoms with Crippen LogP contribution in [0.15, 0.2) is 72.1 Å². The zero-order chi connectivity index (χ0) is 16.5. The fraction of sp³-hybridized carbons (Fsp3) is 0.111.